The topological polar surface area (TPSA) is 3.24 Å². The van der Waals surface area contributed by atoms with Crippen LogP contribution in [0, 0.1) is 5.92 Å². The summed E-state index contributed by atoms with van der Waals surface area (Å²) < 4.78 is 0. The summed E-state index contributed by atoms with van der Waals surface area (Å²) in [7, 11) is 0. The molecule has 1 heterocycles. The average Bonchev–Trinajstić information content (AvgIpc) is 2.47. The van der Waals surface area contributed by atoms with Crippen molar-refractivity contribution in [3.05, 3.63) is 48.1 Å². The van der Waals surface area contributed by atoms with E-state index < -0.39 is 0 Å². The van der Waals surface area contributed by atoms with E-state index in [1.165, 1.54) is 62.8 Å². The second-order valence-corrected chi connectivity index (χ2v) is 6.41. The zero-order chi connectivity index (χ0) is 14.4. The van der Waals surface area contributed by atoms with Gasteiger partial charge in [0, 0.05) is 19.6 Å². The lowest BCUT2D eigenvalue weighted by Gasteiger charge is -2.33. The molecule has 1 saturated carbocycles. The van der Waals surface area contributed by atoms with E-state index in [9.17, 15) is 0 Å². The summed E-state index contributed by atoms with van der Waals surface area (Å²) in [4.78, 5) is 2.66. The molecule has 1 heteroatoms. The Kier molecular flexibility index (Phi) is 5.85. The van der Waals surface area contributed by atoms with Gasteiger partial charge in [-0.1, -0.05) is 56.2 Å². The van der Waals surface area contributed by atoms with Crippen LogP contribution < -0.4 is 0 Å². The molecular formula is C19H29N. The van der Waals surface area contributed by atoms with Crippen LogP contribution in [0.25, 0.3) is 0 Å². The maximum absolute atomic E-state index is 3.94. The molecule has 0 atom stereocenters. The van der Waals surface area contributed by atoms with E-state index in [0.29, 0.717) is 0 Å². The van der Waals surface area contributed by atoms with Gasteiger partial charge >= 0.3 is 0 Å². The fraction of sp³-hybridized carbons (Fsp3) is 0.579. The van der Waals surface area contributed by atoms with Crippen molar-refractivity contribution in [1.29, 1.82) is 0 Å². The predicted molar refractivity (Wildman–Crippen MR) is 88.8 cm³/mol. The number of hydrogen-bond donors (Lipinski definition) is 0. The third-order valence-electron chi connectivity index (χ3n) is 4.71. The first-order valence-electron chi connectivity index (χ1n) is 8.09. The van der Waals surface area contributed by atoms with Crippen molar-refractivity contribution in [1.82, 2.24) is 4.90 Å². The fourth-order valence-corrected chi connectivity index (χ4v) is 3.40. The zero-order valence-corrected chi connectivity index (χ0v) is 13.0. The molecule has 0 amide bonds. The van der Waals surface area contributed by atoms with Gasteiger partial charge in [0.15, 0.2) is 0 Å². The Hall–Kier alpha value is -1.08. The molecular weight excluding hydrogens is 242 g/mol. The molecule has 1 fully saturated rings. The molecule has 0 aromatic heterocycles. The summed E-state index contributed by atoms with van der Waals surface area (Å²) in [5.41, 5.74) is 4.02. The second-order valence-electron chi connectivity index (χ2n) is 6.41. The number of nitrogens with zero attached hydrogens (tertiary/aromatic N) is 1. The summed E-state index contributed by atoms with van der Waals surface area (Å²) >= 11 is 0. The lowest BCUT2D eigenvalue weighted by Crippen LogP contribution is -2.35. The normalized spacial score (nSPS) is 22.4. The molecule has 1 nitrogen and oxygen atoms in total. The highest BCUT2D eigenvalue weighted by Gasteiger charge is 2.20. The van der Waals surface area contributed by atoms with E-state index in [0.717, 1.165) is 18.0 Å². The van der Waals surface area contributed by atoms with Crippen molar-refractivity contribution in [2.45, 2.75) is 45.4 Å². The van der Waals surface area contributed by atoms with Crippen LogP contribution >= 0.6 is 0 Å². The molecule has 0 bridgehead atoms. The van der Waals surface area contributed by atoms with Gasteiger partial charge in [0.1, 0.15) is 0 Å². The molecule has 110 valence electrons. The van der Waals surface area contributed by atoms with Crippen LogP contribution in [-0.2, 0) is 0 Å². The van der Waals surface area contributed by atoms with E-state index >= 15 is 0 Å². The molecule has 2 rings (SSSR count). The van der Waals surface area contributed by atoms with Crippen molar-refractivity contribution >= 4 is 0 Å². The third-order valence-corrected chi connectivity index (χ3v) is 4.71. The molecule has 2 aliphatic rings. The number of hydrogen-bond acceptors (Lipinski definition) is 1. The van der Waals surface area contributed by atoms with Gasteiger partial charge in [-0.05, 0) is 43.3 Å². The van der Waals surface area contributed by atoms with Crippen molar-refractivity contribution in [2.75, 3.05) is 19.6 Å². The molecule has 1 aliphatic heterocycles. The van der Waals surface area contributed by atoms with Crippen molar-refractivity contribution in [3.8, 4) is 0 Å². The second kappa shape index (κ2) is 7.64. The Morgan fingerprint density at radius 2 is 2.05 bits per heavy atom. The first kappa shape index (κ1) is 15.3. The van der Waals surface area contributed by atoms with Crippen molar-refractivity contribution in [3.63, 3.8) is 0 Å². The largest absolute Gasteiger partial charge is 0.299 e. The van der Waals surface area contributed by atoms with Gasteiger partial charge in [-0.3, -0.25) is 4.90 Å². The lowest BCUT2D eigenvalue weighted by atomic mass is 9.88. The predicted octanol–water partition coefficient (Wildman–Crippen LogP) is 4.89. The minimum absolute atomic E-state index is 0.953. The first-order valence-corrected chi connectivity index (χ1v) is 8.09. The zero-order valence-electron chi connectivity index (χ0n) is 13.0. The molecule has 1 aliphatic carbocycles. The Balaban J connectivity index is 1.87. The molecule has 0 unspecified atom stereocenters. The van der Waals surface area contributed by atoms with Gasteiger partial charge in [-0.2, -0.15) is 0 Å². The highest BCUT2D eigenvalue weighted by atomic mass is 15.1. The molecule has 20 heavy (non-hydrogen) atoms. The first-order chi connectivity index (χ1) is 9.69. The third kappa shape index (κ3) is 4.49. The molecule has 0 radical (unpaired) electrons. The minimum Gasteiger partial charge on any atom is -0.299 e. The monoisotopic (exact) mass is 271 g/mol. The Bertz CT molecular complexity index is 407. The number of rotatable bonds is 5. The van der Waals surface area contributed by atoms with Crippen LogP contribution in [0.2, 0.25) is 0 Å². The van der Waals surface area contributed by atoms with Gasteiger partial charge in [0.05, 0.1) is 0 Å². The van der Waals surface area contributed by atoms with E-state index in [1.807, 2.05) is 6.08 Å². The van der Waals surface area contributed by atoms with Gasteiger partial charge in [0.2, 0.25) is 0 Å². The van der Waals surface area contributed by atoms with Crippen LogP contribution in [0.4, 0.5) is 0 Å². The molecule has 0 aromatic carbocycles. The molecule has 0 saturated heterocycles. The Morgan fingerprint density at radius 3 is 2.70 bits per heavy atom. The summed E-state index contributed by atoms with van der Waals surface area (Å²) in [5.74, 6) is 0.953. The van der Waals surface area contributed by atoms with Gasteiger partial charge in [0.25, 0.3) is 0 Å². The van der Waals surface area contributed by atoms with Crippen LogP contribution in [0.5, 0.6) is 0 Å². The quantitative estimate of drug-likeness (QED) is 0.644. The van der Waals surface area contributed by atoms with E-state index in [-0.39, 0.29) is 0 Å². The van der Waals surface area contributed by atoms with Gasteiger partial charge in [-0.15, -0.1) is 0 Å². The Labute approximate surface area is 124 Å². The highest BCUT2D eigenvalue weighted by molar-refractivity contribution is 5.35. The molecule has 0 spiro atoms. The van der Waals surface area contributed by atoms with E-state index in [4.69, 9.17) is 0 Å². The van der Waals surface area contributed by atoms with E-state index in [2.05, 4.69) is 37.1 Å². The van der Waals surface area contributed by atoms with Crippen LogP contribution in [0.1, 0.15) is 45.4 Å². The fourth-order valence-electron chi connectivity index (χ4n) is 3.40. The Morgan fingerprint density at radius 1 is 1.30 bits per heavy atom. The van der Waals surface area contributed by atoms with Crippen molar-refractivity contribution < 1.29 is 0 Å². The average molecular weight is 271 g/mol. The lowest BCUT2D eigenvalue weighted by molar-refractivity contribution is 0.208. The summed E-state index contributed by atoms with van der Waals surface area (Å²) in [5, 5.41) is 0. The van der Waals surface area contributed by atoms with Crippen LogP contribution in [0.15, 0.2) is 48.1 Å². The highest BCUT2D eigenvalue weighted by Crippen LogP contribution is 2.26. The summed E-state index contributed by atoms with van der Waals surface area (Å²) in [6.07, 6.45) is 14.6. The molecule has 0 N–H and O–H groups in total. The maximum atomic E-state index is 3.94. The van der Waals surface area contributed by atoms with Gasteiger partial charge < -0.3 is 0 Å². The number of allylic oxidation sites excluding steroid dienone is 4. The van der Waals surface area contributed by atoms with E-state index in [1.54, 1.807) is 0 Å². The van der Waals surface area contributed by atoms with Crippen LogP contribution in [0.3, 0.4) is 0 Å². The summed E-state index contributed by atoms with van der Waals surface area (Å²) in [6, 6.07) is 0. The van der Waals surface area contributed by atoms with Gasteiger partial charge in [-0.25, -0.2) is 0 Å². The standard InChI is InChI=1S/C19H29N/c1-4-16(2)10-11-19-12-13-20(14-17(19)3)15-18-8-6-5-7-9-18/h4,10-11,18H,1-2,5-9,12-15H2,3H3/b11-10-. The molecule has 0 aromatic rings. The summed E-state index contributed by atoms with van der Waals surface area (Å²) in [6.45, 7) is 13.6. The van der Waals surface area contributed by atoms with Crippen molar-refractivity contribution in [2.24, 2.45) is 5.92 Å². The minimum atomic E-state index is 0.953. The SMILES string of the molecule is C=CC(=C)/C=C\C1=C(C)CN(CC2CCCCC2)CC1. The smallest absolute Gasteiger partial charge is 0.0196 e. The van der Waals surface area contributed by atoms with Crippen LogP contribution in [-0.4, -0.2) is 24.5 Å². The maximum Gasteiger partial charge on any atom is 0.0196 e.